The average molecular weight is 364 g/mol. The minimum Gasteiger partial charge on any atom is -0.411 e. The van der Waals surface area contributed by atoms with Crippen LogP contribution in [0.4, 0.5) is 0 Å². The summed E-state index contributed by atoms with van der Waals surface area (Å²) in [6.07, 6.45) is 1.25. The number of hydrogen-bond donors (Lipinski definition) is 6. The van der Waals surface area contributed by atoms with Crippen LogP contribution in [0.1, 0.15) is 19.3 Å². The Morgan fingerprint density at radius 3 is 1.79 bits per heavy atom. The maximum Gasteiger partial charge on any atom is 0.329 e. The van der Waals surface area contributed by atoms with Crippen molar-refractivity contribution in [2.75, 3.05) is 45.8 Å². The highest BCUT2D eigenvalue weighted by Gasteiger charge is 2.21. The molecule has 0 atom stereocenters. The van der Waals surface area contributed by atoms with Crippen LogP contribution in [0.3, 0.4) is 0 Å². The molecule has 0 aromatic heterocycles. The van der Waals surface area contributed by atoms with E-state index in [4.69, 9.17) is 11.5 Å². The molecular formula is C14H33N5O4Si. The van der Waals surface area contributed by atoms with E-state index in [1.165, 1.54) is 6.55 Å². The second-order valence-corrected chi connectivity index (χ2v) is 8.87. The number of nitrogens with zero attached hydrogens (tertiary/aromatic N) is 1. The zero-order valence-electron chi connectivity index (χ0n) is 14.6. The van der Waals surface area contributed by atoms with Gasteiger partial charge in [0, 0.05) is 52.1 Å². The van der Waals surface area contributed by atoms with Gasteiger partial charge in [0.15, 0.2) is 0 Å². The van der Waals surface area contributed by atoms with E-state index in [9.17, 15) is 19.2 Å². The van der Waals surface area contributed by atoms with Gasteiger partial charge in [-0.15, -0.1) is 0 Å². The summed E-state index contributed by atoms with van der Waals surface area (Å²) in [7, 11) is -3.06. The maximum atomic E-state index is 11.7. The number of amides is 2. The molecule has 0 spiro atoms. The van der Waals surface area contributed by atoms with Gasteiger partial charge in [0.1, 0.15) is 0 Å². The second kappa shape index (κ2) is 13.3. The molecule has 2 amide bonds. The van der Waals surface area contributed by atoms with E-state index in [0.717, 1.165) is 0 Å². The molecular weight excluding hydrogens is 330 g/mol. The molecule has 9 nitrogen and oxygen atoms in total. The Hall–Kier alpha value is -1.04. The standard InChI is InChI=1S/C14H33N5O4Si/c1-24(22,23)12-2-9-19(10-3-13(20)17-7-5-15)11-4-14(21)18-8-6-16/h22-23H,2-12,15-16H2,1H3,(H,17,20)(H,18,21). The summed E-state index contributed by atoms with van der Waals surface area (Å²) in [6.45, 7) is 4.78. The molecule has 142 valence electrons. The number of carbonyl (C=O) groups is 2. The van der Waals surface area contributed by atoms with E-state index >= 15 is 0 Å². The maximum absolute atomic E-state index is 11.7. The monoisotopic (exact) mass is 363 g/mol. The molecule has 0 aliphatic carbocycles. The first-order valence-corrected chi connectivity index (χ1v) is 11.0. The van der Waals surface area contributed by atoms with Crippen molar-refractivity contribution in [1.29, 1.82) is 0 Å². The van der Waals surface area contributed by atoms with Gasteiger partial charge in [-0.3, -0.25) is 9.59 Å². The lowest BCUT2D eigenvalue weighted by atomic mass is 10.3. The van der Waals surface area contributed by atoms with Gasteiger partial charge < -0.3 is 36.6 Å². The van der Waals surface area contributed by atoms with Gasteiger partial charge in [-0.2, -0.15) is 0 Å². The summed E-state index contributed by atoms with van der Waals surface area (Å²) in [5, 5.41) is 5.41. The predicted octanol–water partition coefficient (Wildman–Crippen LogP) is -2.33. The minimum absolute atomic E-state index is 0.0819. The molecule has 0 aliphatic heterocycles. The van der Waals surface area contributed by atoms with Crippen LogP contribution in [0.25, 0.3) is 0 Å². The Morgan fingerprint density at radius 2 is 1.42 bits per heavy atom. The lowest BCUT2D eigenvalue weighted by Crippen LogP contribution is -2.37. The molecule has 0 saturated heterocycles. The first-order chi connectivity index (χ1) is 11.3. The van der Waals surface area contributed by atoms with Crippen molar-refractivity contribution >= 4 is 20.4 Å². The summed E-state index contributed by atoms with van der Waals surface area (Å²) in [5.74, 6) is -0.164. The Labute approximate surface area is 145 Å². The van der Waals surface area contributed by atoms with E-state index in [1.807, 2.05) is 4.90 Å². The number of nitrogens with one attached hydrogen (secondary N) is 2. The molecule has 0 aromatic carbocycles. The molecule has 8 N–H and O–H groups in total. The van der Waals surface area contributed by atoms with E-state index in [1.54, 1.807) is 0 Å². The Kier molecular flexibility index (Phi) is 12.7. The highest BCUT2D eigenvalue weighted by atomic mass is 28.4. The number of nitrogens with two attached hydrogens (primary N) is 2. The first-order valence-electron chi connectivity index (χ1n) is 8.39. The number of rotatable bonds is 14. The van der Waals surface area contributed by atoms with E-state index < -0.39 is 8.56 Å². The summed E-state index contributed by atoms with van der Waals surface area (Å²) >= 11 is 0. The van der Waals surface area contributed by atoms with Gasteiger partial charge in [0.25, 0.3) is 0 Å². The smallest absolute Gasteiger partial charge is 0.329 e. The van der Waals surface area contributed by atoms with Crippen LogP contribution in [0.5, 0.6) is 0 Å². The Bertz CT molecular complexity index is 342. The molecule has 0 unspecified atom stereocenters. The molecule has 0 aliphatic rings. The average Bonchev–Trinajstić information content (AvgIpc) is 2.51. The highest BCUT2D eigenvalue weighted by molar-refractivity contribution is 6.63. The fraction of sp³-hybridized carbons (Fsp3) is 0.857. The summed E-state index contributed by atoms with van der Waals surface area (Å²) in [4.78, 5) is 44.3. The van der Waals surface area contributed by atoms with Gasteiger partial charge in [0.05, 0.1) is 0 Å². The normalized spacial score (nSPS) is 11.6. The van der Waals surface area contributed by atoms with Gasteiger partial charge in [0.2, 0.25) is 11.8 Å². The molecule has 0 fully saturated rings. The van der Waals surface area contributed by atoms with Gasteiger partial charge in [-0.1, -0.05) is 0 Å². The van der Waals surface area contributed by atoms with Crippen molar-refractivity contribution in [3.05, 3.63) is 0 Å². The van der Waals surface area contributed by atoms with Crippen LogP contribution in [0.2, 0.25) is 12.6 Å². The van der Waals surface area contributed by atoms with Crippen LogP contribution in [-0.4, -0.2) is 80.7 Å². The van der Waals surface area contributed by atoms with Crippen LogP contribution in [0.15, 0.2) is 0 Å². The zero-order valence-corrected chi connectivity index (χ0v) is 15.6. The minimum atomic E-state index is -3.06. The van der Waals surface area contributed by atoms with Gasteiger partial charge >= 0.3 is 8.56 Å². The third-order valence-electron chi connectivity index (χ3n) is 3.37. The third kappa shape index (κ3) is 14.5. The van der Waals surface area contributed by atoms with Crippen LogP contribution >= 0.6 is 0 Å². The third-order valence-corrected chi connectivity index (χ3v) is 4.67. The summed E-state index contributed by atoms with van der Waals surface area (Å²) in [6, 6.07) is 0.363. The van der Waals surface area contributed by atoms with Crippen molar-refractivity contribution < 1.29 is 19.2 Å². The molecule has 10 heteroatoms. The quantitative estimate of drug-likeness (QED) is 0.189. The van der Waals surface area contributed by atoms with Crippen molar-refractivity contribution in [2.45, 2.75) is 31.9 Å². The molecule has 0 bridgehead atoms. The Balaban J connectivity index is 4.26. The number of carbonyl (C=O) groups excluding carboxylic acids is 2. The van der Waals surface area contributed by atoms with Crippen molar-refractivity contribution in [3.8, 4) is 0 Å². The molecule has 0 radical (unpaired) electrons. The Morgan fingerprint density at radius 1 is 0.958 bits per heavy atom. The van der Waals surface area contributed by atoms with E-state index in [-0.39, 0.29) is 11.8 Å². The van der Waals surface area contributed by atoms with Crippen molar-refractivity contribution in [1.82, 2.24) is 15.5 Å². The molecule has 0 heterocycles. The van der Waals surface area contributed by atoms with Gasteiger partial charge in [-0.05, 0) is 25.6 Å². The second-order valence-electron chi connectivity index (χ2n) is 5.94. The van der Waals surface area contributed by atoms with Crippen LogP contribution < -0.4 is 22.1 Å². The van der Waals surface area contributed by atoms with E-state index in [0.29, 0.717) is 71.1 Å². The van der Waals surface area contributed by atoms with Crippen LogP contribution in [-0.2, 0) is 9.59 Å². The highest BCUT2D eigenvalue weighted by Crippen LogP contribution is 2.07. The van der Waals surface area contributed by atoms with Gasteiger partial charge in [-0.25, -0.2) is 0 Å². The summed E-state index contributed by atoms with van der Waals surface area (Å²) < 4.78 is 0. The van der Waals surface area contributed by atoms with Crippen molar-refractivity contribution in [3.63, 3.8) is 0 Å². The largest absolute Gasteiger partial charge is 0.411 e. The van der Waals surface area contributed by atoms with Crippen LogP contribution in [0, 0.1) is 0 Å². The van der Waals surface area contributed by atoms with E-state index in [2.05, 4.69) is 10.6 Å². The fourth-order valence-electron chi connectivity index (χ4n) is 2.09. The summed E-state index contributed by atoms with van der Waals surface area (Å²) in [5.41, 5.74) is 10.7. The zero-order chi connectivity index (χ0) is 18.4. The van der Waals surface area contributed by atoms with Crippen molar-refractivity contribution in [2.24, 2.45) is 11.5 Å². The first kappa shape index (κ1) is 23.0. The molecule has 0 saturated carbocycles. The molecule has 0 aromatic rings. The lowest BCUT2D eigenvalue weighted by Gasteiger charge is -2.23. The molecule has 0 rings (SSSR count). The number of hydrogen-bond acceptors (Lipinski definition) is 7. The topological polar surface area (TPSA) is 154 Å². The SMILES string of the molecule is C[Si](O)(O)CCCN(CCC(=O)NCCN)CCC(=O)NCCN. The fourth-order valence-corrected chi connectivity index (χ4v) is 2.92. The lowest BCUT2D eigenvalue weighted by molar-refractivity contribution is -0.121. The predicted molar refractivity (Wildman–Crippen MR) is 95.3 cm³/mol. The molecule has 24 heavy (non-hydrogen) atoms.